The van der Waals surface area contributed by atoms with Crippen LogP contribution in [-0.2, 0) is 11.3 Å². The number of aromatic nitrogens is 2. The second-order valence-electron chi connectivity index (χ2n) is 7.72. The maximum Gasteiger partial charge on any atom is 0.415 e. The van der Waals surface area contributed by atoms with Crippen LogP contribution in [0.2, 0.25) is 5.02 Å². The fourth-order valence-corrected chi connectivity index (χ4v) is 4.69. The molecule has 11 heteroatoms. The normalized spacial score (nSPS) is 21.3. The van der Waals surface area contributed by atoms with Gasteiger partial charge in [0.1, 0.15) is 11.8 Å². The lowest BCUT2D eigenvalue weighted by molar-refractivity contribution is -0.389. The highest BCUT2D eigenvalue weighted by atomic mass is 35.5. The monoisotopic (exact) mass is 451 g/mol. The minimum Gasteiger partial charge on any atom is -0.436 e. The van der Waals surface area contributed by atoms with Crippen LogP contribution in [0.3, 0.4) is 0 Å². The number of hydrogen-bond acceptors (Lipinski definition) is 7. The highest BCUT2D eigenvalue weighted by Gasteiger charge is 2.41. The minimum absolute atomic E-state index is 0.130. The predicted octanol–water partition coefficient (Wildman–Crippen LogP) is 2.53. The maximum absolute atomic E-state index is 12.5. The number of piperazine rings is 1. The molecule has 2 aromatic rings. The Morgan fingerprint density at radius 1 is 1.30 bits per heavy atom. The summed E-state index contributed by atoms with van der Waals surface area (Å²) in [5.41, 5.74) is -0.492. The molecule has 1 saturated heterocycles. The molecule has 1 unspecified atom stereocenters. The maximum atomic E-state index is 12.5. The van der Waals surface area contributed by atoms with Crippen LogP contribution in [0.5, 0.6) is 6.01 Å². The van der Waals surface area contributed by atoms with Crippen molar-refractivity contribution in [3.05, 3.63) is 45.6 Å². The van der Waals surface area contributed by atoms with E-state index >= 15 is 0 Å². The first-order chi connectivity index (χ1) is 14.3. The van der Waals surface area contributed by atoms with Gasteiger partial charge in [0.2, 0.25) is 5.91 Å². The van der Waals surface area contributed by atoms with Gasteiger partial charge in [-0.2, -0.15) is 0 Å². The Bertz CT molecular complexity index is 919. The molecule has 0 radical (unpaired) electrons. The van der Waals surface area contributed by atoms with Gasteiger partial charge < -0.3 is 19.8 Å². The first kappa shape index (κ1) is 21.0. The van der Waals surface area contributed by atoms with Crippen molar-refractivity contribution in [1.82, 2.24) is 19.4 Å². The molecule has 0 N–H and O–H groups in total. The van der Waals surface area contributed by atoms with Crippen LogP contribution in [0.15, 0.2) is 35.4 Å². The van der Waals surface area contributed by atoms with Gasteiger partial charge in [-0.15, -0.1) is 11.8 Å². The van der Waals surface area contributed by atoms with Gasteiger partial charge in [0.25, 0.3) is 0 Å². The third kappa shape index (κ3) is 4.71. The van der Waals surface area contributed by atoms with E-state index in [4.69, 9.17) is 16.3 Å². The minimum atomic E-state index is -0.520. The Kier molecular flexibility index (Phi) is 5.90. The molecule has 0 aliphatic carbocycles. The second kappa shape index (κ2) is 8.44. The quantitative estimate of drug-likeness (QED) is 0.378. The lowest BCUT2D eigenvalue weighted by Gasteiger charge is -2.38. The summed E-state index contributed by atoms with van der Waals surface area (Å²) in [6.45, 7) is 6.04. The molecule has 1 aromatic carbocycles. The summed E-state index contributed by atoms with van der Waals surface area (Å²) in [6.07, 6.45) is 1.41. The van der Waals surface area contributed by atoms with Crippen molar-refractivity contribution in [3.8, 4) is 6.01 Å². The van der Waals surface area contributed by atoms with E-state index in [2.05, 4.69) is 9.88 Å². The number of amides is 1. The number of carbonyl (C=O) groups excluding carboxylic acids is 1. The van der Waals surface area contributed by atoms with Crippen LogP contribution in [-0.4, -0.2) is 74.3 Å². The number of thioether (sulfide) groups is 1. The molecule has 2 aliphatic heterocycles. The summed E-state index contributed by atoms with van der Waals surface area (Å²) in [4.78, 5) is 31.9. The molecule has 9 nitrogen and oxygen atoms in total. The topological polar surface area (TPSA) is 93.7 Å². The lowest BCUT2D eigenvalue weighted by atomic mass is 10.1. The summed E-state index contributed by atoms with van der Waals surface area (Å²) in [6, 6.07) is 7.77. The molecule has 1 fully saturated rings. The Hall–Kier alpha value is -2.30. The van der Waals surface area contributed by atoms with E-state index in [1.54, 1.807) is 4.57 Å². The van der Waals surface area contributed by atoms with Gasteiger partial charge in [-0.05, 0) is 36.1 Å². The van der Waals surface area contributed by atoms with E-state index in [-0.39, 0.29) is 17.7 Å². The predicted molar refractivity (Wildman–Crippen MR) is 113 cm³/mol. The molecule has 160 valence electrons. The van der Waals surface area contributed by atoms with Crippen LogP contribution in [0.1, 0.15) is 6.92 Å². The van der Waals surface area contributed by atoms with Crippen LogP contribution in [0.4, 0.5) is 5.82 Å². The van der Waals surface area contributed by atoms with Crippen molar-refractivity contribution in [2.45, 2.75) is 24.0 Å². The zero-order chi connectivity index (χ0) is 21.3. The number of rotatable bonds is 6. The van der Waals surface area contributed by atoms with Crippen molar-refractivity contribution in [2.24, 2.45) is 0 Å². The summed E-state index contributed by atoms with van der Waals surface area (Å²) in [7, 11) is 0. The molecule has 0 spiro atoms. The highest BCUT2D eigenvalue weighted by Crippen LogP contribution is 2.31. The first-order valence-corrected chi connectivity index (χ1v) is 11.0. The second-order valence-corrected chi connectivity index (χ2v) is 9.20. The molecule has 2 aliphatic rings. The van der Waals surface area contributed by atoms with E-state index in [0.29, 0.717) is 37.0 Å². The number of imidazole rings is 1. The van der Waals surface area contributed by atoms with Crippen molar-refractivity contribution in [3.63, 3.8) is 0 Å². The summed E-state index contributed by atoms with van der Waals surface area (Å²) < 4.78 is 7.60. The fraction of sp³-hybridized carbons (Fsp3) is 0.474. The summed E-state index contributed by atoms with van der Waals surface area (Å²) in [5.74, 6) is 0.337. The molecule has 0 bridgehead atoms. The molecule has 30 heavy (non-hydrogen) atoms. The van der Waals surface area contributed by atoms with Gasteiger partial charge in [-0.25, -0.2) is 0 Å². The molecular formula is C19H22ClN5O4S. The zero-order valence-corrected chi connectivity index (χ0v) is 18.1. The Labute approximate surface area is 183 Å². The van der Waals surface area contributed by atoms with Gasteiger partial charge in [0.05, 0.1) is 12.3 Å². The largest absolute Gasteiger partial charge is 0.436 e. The molecule has 4 rings (SSSR count). The zero-order valence-electron chi connectivity index (χ0n) is 16.5. The third-order valence-corrected chi connectivity index (χ3v) is 6.46. The Balaban J connectivity index is 1.23. The number of ether oxygens (including phenoxy) is 1. The Morgan fingerprint density at radius 2 is 2.00 bits per heavy atom. The van der Waals surface area contributed by atoms with Crippen molar-refractivity contribution >= 4 is 35.1 Å². The van der Waals surface area contributed by atoms with Gasteiger partial charge in [-0.1, -0.05) is 11.6 Å². The van der Waals surface area contributed by atoms with E-state index in [9.17, 15) is 14.9 Å². The highest BCUT2D eigenvalue weighted by molar-refractivity contribution is 8.00. The van der Waals surface area contributed by atoms with Crippen LogP contribution >= 0.6 is 23.4 Å². The standard InChI is InChI=1S/C19H22ClN5O4S/c1-19(13-24-10-16(25(27)28)21-18(24)29-19)12-22-6-8-23(9-7-22)17(26)11-30-15-4-2-14(20)3-5-15/h2-5,10H,6-9,11-13H2,1H3. The van der Waals surface area contributed by atoms with Gasteiger partial charge in [0.15, 0.2) is 0 Å². The van der Waals surface area contributed by atoms with E-state index < -0.39 is 10.5 Å². The van der Waals surface area contributed by atoms with Crippen LogP contribution in [0.25, 0.3) is 0 Å². The fourth-order valence-electron chi connectivity index (χ4n) is 3.76. The number of hydrogen-bond donors (Lipinski definition) is 0. The average Bonchev–Trinajstić information content (AvgIpc) is 3.23. The number of benzene rings is 1. The average molecular weight is 452 g/mol. The van der Waals surface area contributed by atoms with Crippen LogP contribution < -0.4 is 4.74 Å². The van der Waals surface area contributed by atoms with Gasteiger partial charge in [0, 0.05) is 47.6 Å². The van der Waals surface area contributed by atoms with E-state index in [1.807, 2.05) is 36.1 Å². The summed E-state index contributed by atoms with van der Waals surface area (Å²) in [5, 5.41) is 11.5. The van der Waals surface area contributed by atoms with Crippen molar-refractivity contribution in [2.75, 3.05) is 38.5 Å². The lowest BCUT2D eigenvalue weighted by Crippen LogP contribution is -2.54. The number of carbonyl (C=O) groups is 1. The van der Waals surface area contributed by atoms with E-state index in [1.165, 1.54) is 18.0 Å². The number of fused-ring (bicyclic) bond motifs is 1. The number of nitrogens with zero attached hydrogens (tertiary/aromatic N) is 5. The summed E-state index contributed by atoms with van der Waals surface area (Å²) >= 11 is 7.40. The molecule has 1 amide bonds. The molecule has 1 aromatic heterocycles. The molecular weight excluding hydrogens is 430 g/mol. The number of nitro groups is 1. The van der Waals surface area contributed by atoms with Crippen molar-refractivity contribution < 1.29 is 14.5 Å². The molecule has 1 atom stereocenters. The SMILES string of the molecule is CC1(CN2CCN(C(=O)CSc3ccc(Cl)cc3)CC2)Cn2cc([N+](=O)[O-])nc2O1. The van der Waals surface area contributed by atoms with Crippen LogP contribution in [0, 0.1) is 10.1 Å². The first-order valence-electron chi connectivity index (χ1n) is 9.60. The Morgan fingerprint density at radius 3 is 2.63 bits per heavy atom. The van der Waals surface area contributed by atoms with Crippen molar-refractivity contribution in [1.29, 1.82) is 0 Å². The van der Waals surface area contributed by atoms with Gasteiger partial charge >= 0.3 is 11.8 Å². The smallest absolute Gasteiger partial charge is 0.415 e. The molecule has 0 saturated carbocycles. The van der Waals surface area contributed by atoms with E-state index in [0.717, 1.165) is 18.0 Å². The third-order valence-electron chi connectivity index (χ3n) is 5.22. The van der Waals surface area contributed by atoms with Gasteiger partial charge in [-0.3, -0.25) is 14.3 Å². The molecule has 3 heterocycles. The number of halogens is 1.